The van der Waals surface area contributed by atoms with E-state index in [-0.39, 0.29) is 0 Å². The first kappa shape index (κ1) is 21.6. The van der Waals surface area contributed by atoms with Crippen LogP contribution in [0.4, 0.5) is 4.79 Å². The lowest BCUT2D eigenvalue weighted by molar-refractivity contribution is 0.0528. The smallest absolute Gasteiger partial charge is 0.407 e. The van der Waals surface area contributed by atoms with Crippen LogP contribution in [0.1, 0.15) is 32.8 Å². The van der Waals surface area contributed by atoms with Crippen molar-refractivity contribution in [3.05, 3.63) is 37.1 Å². The first-order chi connectivity index (χ1) is 11.7. The van der Waals surface area contributed by atoms with Crippen LogP contribution in [-0.2, 0) is 11.2 Å². The van der Waals surface area contributed by atoms with E-state index in [1.54, 1.807) is 0 Å². The fourth-order valence-electron chi connectivity index (χ4n) is 1.87. The van der Waals surface area contributed by atoms with Crippen LogP contribution < -0.4 is 10.1 Å². The molecule has 1 N–H and O–H groups in total. The van der Waals surface area contributed by atoms with E-state index in [4.69, 9.17) is 15.0 Å². The molecule has 9 heteroatoms. The van der Waals surface area contributed by atoms with Crippen LogP contribution >= 0.6 is 31.9 Å². The summed E-state index contributed by atoms with van der Waals surface area (Å²) in [5.74, 6) is 0.699. The van der Waals surface area contributed by atoms with Gasteiger partial charge in [0.2, 0.25) is 0 Å². The molecule has 0 bridgehead atoms. The molecular weight excluding hydrogens is 456 g/mol. The zero-order valence-electron chi connectivity index (χ0n) is 14.5. The van der Waals surface area contributed by atoms with Crippen LogP contribution in [0.3, 0.4) is 0 Å². The topological polar surface area (TPSA) is 96.3 Å². The van der Waals surface area contributed by atoms with Gasteiger partial charge in [0.1, 0.15) is 11.4 Å². The minimum Gasteiger partial charge on any atom is -0.491 e. The molecule has 0 saturated heterocycles. The summed E-state index contributed by atoms with van der Waals surface area (Å²) in [5, 5.41) is 6.20. The standard InChI is InChI=1S/C16H22Br2N4O3/c1-16(2,3)25-15(23)20-7-5-11-9-12(17)14(13(18)10-11)24-8-4-6-21-22-19/h9-10H,4-8H2,1-3H3,(H,20,23). The molecule has 0 aromatic heterocycles. The van der Waals surface area contributed by atoms with E-state index >= 15 is 0 Å². The summed E-state index contributed by atoms with van der Waals surface area (Å²) in [6, 6.07) is 3.90. The molecule has 1 aromatic rings. The predicted molar refractivity (Wildman–Crippen MR) is 104 cm³/mol. The second kappa shape index (κ2) is 10.5. The summed E-state index contributed by atoms with van der Waals surface area (Å²) in [4.78, 5) is 14.3. The van der Waals surface area contributed by atoms with E-state index in [0.717, 1.165) is 14.5 Å². The van der Waals surface area contributed by atoms with E-state index < -0.39 is 11.7 Å². The number of hydrogen-bond acceptors (Lipinski definition) is 4. The Balaban J connectivity index is 2.52. The van der Waals surface area contributed by atoms with Gasteiger partial charge in [-0.25, -0.2) is 4.79 Å². The largest absolute Gasteiger partial charge is 0.491 e. The Labute approximate surface area is 164 Å². The Morgan fingerprint density at radius 2 is 1.96 bits per heavy atom. The van der Waals surface area contributed by atoms with Gasteiger partial charge in [0.15, 0.2) is 0 Å². The van der Waals surface area contributed by atoms with Crippen LogP contribution in [0, 0.1) is 0 Å². The molecule has 0 atom stereocenters. The zero-order valence-corrected chi connectivity index (χ0v) is 17.7. The van der Waals surface area contributed by atoms with E-state index in [2.05, 4.69) is 47.2 Å². The van der Waals surface area contributed by atoms with Gasteiger partial charge in [0, 0.05) is 18.0 Å². The zero-order chi connectivity index (χ0) is 18.9. The predicted octanol–water partition coefficient (Wildman–Crippen LogP) is 5.36. The third-order valence-corrected chi connectivity index (χ3v) is 4.03. The van der Waals surface area contributed by atoms with Crippen molar-refractivity contribution in [1.29, 1.82) is 0 Å². The summed E-state index contributed by atoms with van der Waals surface area (Å²) >= 11 is 6.98. The number of alkyl carbamates (subject to hydrolysis) is 1. The highest BCUT2D eigenvalue weighted by molar-refractivity contribution is 9.11. The lowest BCUT2D eigenvalue weighted by Gasteiger charge is -2.19. The average molecular weight is 478 g/mol. The quantitative estimate of drug-likeness (QED) is 0.236. The molecule has 0 aliphatic rings. The molecule has 0 fully saturated rings. The normalized spacial score (nSPS) is 10.8. The van der Waals surface area contributed by atoms with Crippen molar-refractivity contribution in [1.82, 2.24) is 5.32 Å². The highest BCUT2D eigenvalue weighted by atomic mass is 79.9. The van der Waals surface area contributed by atoms with Crippen LogP contribution in [0.2, 0.25) is 0 Å². The van der Waals surface area contributed by atoms with Crippen molar-refractivity contribution < 1.29 is 14.3 Å². The van der Waals surface area contributed by atoms with Crippen molar-refractivity contribution in [3.63, 3.8) is 0 Å². The molecule has 1 amide bonds. The third kappa shape index (κ3) is 9.00. The summed E-state index contributed by atoms with van der Waals surface area (Å²) < 4.78 is 12.5. The van der Waals surface area contributed by atoms with Crippen molar-refractivity contribution >= 4 is 38.0 Å². The highest BCUT2D eigenvalue weighted by Crippen LogP contribution is 2.35. The highest BCUT2D eigenvalue weighted by Gasteiger charge is 2.15. The van der Waals surface area contributed by atoms with Gasteiger partial charge in [-0.1, -0.05) is 5.11 Å². The van der Waals surface area contributed by atoms with Gasteiger partial charge in [0.25, 0.3) is 0 Å². The number of benzene rings is 1. The van der Waals surface area contributed by atoms with Crippen LogP contribution in [0.15, 0.2) is 26.2 Å². The number of carbonyl (C=O) groups is 1. The summed E-state index contributed by atoms with van der Waals surface area (Å²) in [7, 11) is 0. The first-order valence-electron chi connectivity index (χ1n) is 7.81. The van der Waals surface area contributed by atoms with Crippen LogP contribution in [-0.4, -0.2) is 31.4 Å². The molecule has 0 heterocycles. The molecule has 0 unspecified atom stereocenters. The number of nitrogens with zero attached hydrogens (tertiary/aromatic N) is 3. The fraction of sp³-hybridized carbons (Fsp3) is 0.562. The Morgan fingerprint density at radius 3 is 2.52 bits per heavy atom. The molecule has 25 heavy (non-hydrogen) atoms. The summed E-state index contributed by atoms with van der Waals surface area (Å²) in [6.45, 7) is 6.81. The molecule has 1 aromatic carbocycles. The monoisotopic (exact) mass is 476 g/mol. The molecular formula is C16H22Br2N4O3. The Morgan fingerprint density at radius 1 is 1.32 bits per heavy atom. The number of ether oxygens (including phenoxy) is 2. The Bertz CT molecular complexity index is 618. The lowest BCUT2D eigenvalue weighted by Crippen LogP contribution is -2.33. The van der Waals surface area contributed by atoms with Gasteiger partial charge in [-0.3, -0.25) is 0 Å². The molecule has 0 aliphatic heterocycles. The second-order valence-corrected chi connectivity index (χ2v) is 7.93. The number of carbonyl (C=O) groups excluding carboxylic acids is 1. The first-order valence-corrected chi connectivity index (χ1v) is 9.40. The van der Waals surface area contributed by atoms with Gasteiger partial charge >= 0.3 is 6.09 Å². The number of hydrogen-bond donors (Lipinski definition) is 1. The number of halogens is 2. The van der Waals surface area contributed by atoms with E-state index in [9.17, 15) is 4.79 Å². The summed E-state index contributed by atoms with van der Waals surface area (Å²) in [6.07, 6.45) is 0.878. The molecule has 7 nitrogen and oxygen atoms in total. The second-order valence-electron chi connectivity index (χ2n) is 6.22. The molecule has 0 aliphatic carbocycles. The van der Waals surface area contributed by atoms with E-state index in [1.807, 2.05) is 32.9 Å². The minimum atomic E-state index is -0.506. The number of azide groups is 1. The molecule has 1 rings (SSSR count). The lowest BCUT2D eigenvalue weighted by atomic mass is 10.1. The Kier molecular flexibility index (Phi) is 9.10. The number of nitrogens with one attached hydrogen (secondary N) is 1. The van der Waals surface area contributed by atoms with Crippen molar-refractivity contribution in [3.8, 4) is 5.75 Å². The molecule has 0 radical (unpaired) electrons. The maximum Gasteiger partial charge on any atom is 0.407 e. The van der Waals surface area contributed by atoms with E-state index in [1.165, 1.54) is 0 Å². The maximum atomic E-state index is 11.6. The van der Waals surface area contributed by atoms with Crippen molar-refractivity contribution in [2.24, 2.45) is 5.11 Å². The van der Waals surface area contributed by atoms with Crippen molar-refractivity contribution in [2.75, 3.05) is 19.7 Å². The molecule has 0 spiro atoms. The SMILES string of the molecule is CC(C)(C)OC(=O)NCCc1cc(Br)c(OCCCN=[N+]=[N-])c(Br)c1. The van der Waals surface area contributed by atoms with E-state index in [0.29, 0.717) is 38.3 Å². The Hall–Kier alpha value is -1.44. The maximum absolute atomic E-state index is 11.6. The molecule has 0 saturated carbocycles. The van der Waals surface area contributed by atoms with Gasteiger partial charge in [-0.15, -0.1) is 0 Å². The average Bonchev–Trinajstić information content (AvgIpc) is 2.47. The fourth-order valence-corrected chi connectivity index (χ4v) is 3.38. The van der Waals surface area contributed by atoms with Gasteiger partial charge < -0.3 is 14.8 Å². The number of rotatable bonds is 8. The third-order valence-electron chi connectivity index (χ3n) is 2.85. The van der Waals surface area contributed by atoms with Gasteiger partial charge in [0.05, 0.1) is 15.6 Å². The van der Waals surface area contributed by atoms with Crippen LogP contribution in [0.5, 0.6) is 5.75 Å². The minimum absolute atomic E-state index is 0.403. The molecule has 138 valence electrons. The van der Waals surface area contributed by atoms with Gasteiger partial charge in [-0.2, -0.15) is 0 Å². The summed E-state index contributed by atoms with van der Waals surface area (Å²) in [5.41, 5.74) is 8.76. The van der Waals surface area contributed by atoms with Crippen LogP contribution in [0.25, 0.3) is 10.4 Å². The van der Waals surface area contributed by atoms with Gasteiger partial charge in [-0.05, 0) is 88.7 Å². The van der Waals surface area contributed by atoms with Crippen molar-refractivity contribution in [2.45, 2.75) is 39.2 Å². The number of amides is 1.